The third kappa shape index (κ3) is 3.02. The molecule has 1 unspecified atom stereocenters. The summed E-state index contributed by atoms with van der Waals surface area (Å²) in [6.07, 6.45) is 0. The molecule has 24 heavy (non-hydrogen) atoms. The van der Waals surface area contributed by atoms with Crippen molar-refractivity contribution in [3.8, 4) is 0 Å². The van der Waals surface area contributed by atoms with Crippen molar-refractivity contribution in [2.75, 3.05) is 19.6 Å². The predicted octanol–water partition coefficient (Wildman–Crippen LogP) is 3.25. The molecule has 1 fully saturated rings. The second kappa shape index (κ2) is 6.30. The van der Waals surface area contributed by atoms with Crippen LogP contribution in [0.5, 0.6) is 0 Å². The Balaban J connectivity index is 1.60. The van der Waals surface area contributed by atoms with E-state index >= 15 is 0 Å². The van der Waals surface area contributed by atoms with Crippen molar-refractivity contribution in [1.82, 2.24) is 15.2 Å². The van der Waals surface area contributed by atoms with Crippen molar-refractivity contribution in [3.63, 3.8) is 0 Å². The number of piperazine rings is 1. The fourth-order valence-corrected chi connectivity index (χ4v) is 3.17. The second-order valence-corrected chi connectivity index (χ2v) is 5.97. The minimum atomic E-state index is -0.331. The molecule has 1 aliphatic heterocycles. The molecular weight excluding hydrogens is 312 g/mol. The van der Waals surface area contributed by atoms with Gasteiger partial charge in [0.1, 0.15) is 17.2 Å². The van der Waals surface area contributed by atoms with Crippen LogP contribution in [0.1, 0.15) is 17.5 Å². The van der Waals surface area contributed by atoms with E-state index in [2.05, 4.69) is 15.2 Å². The van der Waals surface area contributed by atoms with Crippen molar-refractivity contribution in [2.24, 2.45) is 0 Å². The van der Waals surface area contributed by atoms with Gasteiger partial charge in [-0.2, -0.15) is 0 Å². The molecule has 0 amide bonds. The summed E-state index contributed by atoms with van der Waals surface area (Å²) in [4.78, 5) is 6.57. The van der Waals surface area contributed by atoms with E-state index in [0.29, 0.717) is 23.5 Å². The zero-order chi connectivity index (χ0) is 16.5. The molecule has 0 bridgehead atoms. The molecule has 2 aromatic carbocycles. The van der Waals surface area contributed by atoms with Gasteiger partial charge in [-0.05, 0) is 29.8 Å². The number of benzene rings is 2. The number of aromatic nitrogens is 1. The van der Waals surface area contributed by atoms with Gasteiger partial charge in [0.25, 0.3) is 0 Å². The number of nitrogens with one attached hydrogen (secondary N) is 1. The normalized spacial score (nSPS) is 19.0. The largest absolute Gasteiger partial charge is 0.439 e. The standard InChI is InChI=1S/C18H17F2N3O/c19-13-3-1-2-12(8-13)16-10-21-6-7-23(16)11-18-22-15-9-14(20)4-5-17(15)24-18/h1-5,8-9,16,21H,6-7,10-11H2. The monoisotopic (exact) mass is 329 g/mol. The van der Waals surface area contributed by atoms with E-state index in [1.165, 1.54) is 18.2 Å². The van der Waals surface area contributed by atoms with Gasteiger partial charge >= 0.3 is 0 Å². The first-order chi connectivity index (χ1) is 11.7. The number of oxazole rings is 1. The quantitative estimate of drug-likeness (QED) is 0.801. The molecule has 2 heterocycles. The smallest absolute Gasteiger partial charge is 0.209 e. The lowest BCUT2D eigenvalue weighted by Crippen LogP contribution is -2.45. The number of fused-ring (bicyclic) bond motifs is 1. The van der Waals surface area contributed by atoms with Crippen molar-refractivity contribution < 1.29 is 13.2 Å². The summed E-state index contributed by atoms with van der Waals surface area (Å²) >= 11 is 0. The van der Waals surface area contributed by atoms with Gasteiger partial charge in [0.2, 0.25) is 5.89 Å². The van der Waals surface area contributed by atoms with Crippen molar-refractivity contribution >= 4 is 11.1 Å². The zero-order valence-electron chi connectivity index (χ0n) is 13.0. The number of rotatable bonds is 3. The van der Waals surface area contributed by atoms with E-state index in [9.17, 15) is 8.78 Å². The molecule has 1 atom stereocenters. The summed E-state index contributed by atoms with van der Waals surface area (Å²) in [7, 11) is 0. The fourth-order valence-electron chi connectivity index (χ4n) is 3.17. The number of hydrogen-bond acceptors (Lipinski definition) is 4. The molecular formula is C18H17F2N3O. The maximum atomic E-state index is 13.5. The Morgan fingerprint density at radius 1 is 1.17 bits per heavy atom. The fraction of sp³-hybridized carbons (Fsp3) is 0.278. The molecule has 124 valence electrons. The van der Waals surface area contributed by atoms with Crippen LogP contribution in [-0.2, 0) is 6.54 Å². The Morgan fingerprint density at radius 2 is 2.04 bits per heavy atom. The molecule has 0 saturated carbocycles. The van der Waals surface area contributed by atoms with Gasteiger partial charge < -0.3 is 9.73 Å². The molecule has 1 saturated heterocycles. The van der Waals surface area contributed by atoms with Gasteiger partial charge in [0.15, 0.2) is 5.58 Å². The van der Waals surface area contributed by atoms with Crippen LogP contribution in [0, 0.1) is 11.6 Å². The highest BCUT2D eigenvalue weighted by molar-refractivity contribution is 5.72. The predicted molar refractivity (Wildman–Crippen MR) is 86.4 cm³/mol. The summed E-state index contributed by atoms with van der Waals surface area (Å²) in [5.41, 5.74) is 2.01. The minimum Gasteiger partial charge on any atom is -0.439 e. The van der Waals surface area contributed by atoms with Gasteiger partial charge in [0, 0.05) is 31.7 Å². The average molecular weight is 329 g/mol. The minimum absolute atomic E-state index is 0.0428. The van der Waals surface area contributed by atoms with Gasteiger partial charge in [-0.3, -0.25) is 4.90 Å². The number of hydrogen-bond donors (Lipinski definition) is 1. The van der Waals surface area contributed by atoms with E-state index < -0.39 is 0 Å². The molecule has 0 spiro atoms. The first kappa shape index (κ1) is 15.2. The average Bonchev–Trinajstić information content (AvgIpc) is 2.96. The van der Waals surface area contributed by atoms with E-state index in [1.807, 2.05) is 6.07 Å². The second-order valence-electron chi connectivity index (χ2n) is 5.97. The summed E-state index contributed by atoms with van der Waals surface area (Å²) in [6.45, 7) is 2.88. The van der Waals surface area contributed by atoms with Crippen LogP contribution in [0.25, 0.3) is 11.1 Å². The maximum Gasteiger partial charge on any atom is 0.209 e. The van der Waals surface area contributed by atoms with Crippen LogP contribution in [-0.4, -0.2) is 29.5 Å². The summed E-state index contributed by atoms with van der Waals surface area (Å²) in [5.74, 6) is -0.0311. The maximum absolute atomic E-state index is 13.5. The first-order valence-corrected chi connectivity index (χ1v) is 7.94. The van der Waals surface area contributed by atoms with Crippen LogP contribution < -0.4 is 5.32 Å². The van der Waals surface area contributed by atoms with Crippen molar-refractivity contribution in [3.05, 3.63) is 65.6 Å². The van der Waals surface area contributed by atoms with Crippen molar-refractivity contribution in [2.45, 2.75) is 12.6 Å². The number of nitrogens with zero attached hydrogens (tertiary/aromatic N) is 2. The summed E-state index contributed by atoms with van der Waals surface area (Å²) < 4.78 is 32.6. The molecule has 0 aliphatic carbocycles. The molecule has 1 N–H and O–H groups in total. The van der Waals surface area contributed by atoms with Gasteiger partial charge in [-0.1, -0.05) is 12.1 Å². The summed E-state index contributed by atoms with van der Waals surface area (Å²) in [5, 5.41) is 3.34. The lowest BCUT2D eigenvalue weighted by molar-refractivity contribution is 0.141. The van der Waals surface area contributed by atoms with Crippen molar-refractivity contribution in [1.29, 1.82) is 0 Å². The molecule has 1 aliphatic rings. The molecule has 4 rings (SSSR count). The van der Waals surface area contributed by atoms with Crippen LogP contribution >= 0.6 is 0 Å². The van der Waals surface area contributed by atoms with Crippen LogP contribution in [0.15, 0.2) is 46.9 Å². The SMILES string of the molecule is Fc1cccc(C2CNCCN2Cc2nc3cc(F)ccc3o2)c1. The van der Waals surface area contributed by atoms with E-state index in [0.717, 1.165) is 25.2 Å². The van der Waals surface area contributed by atoms with E-state index in [1.54, 1.807) is 18.2 Å². The van der Waals surface area contributed by atoms with Gasteiger partial charge in [0.05, 0.1) is 6.54 Å². The topological polar surface area (TPSA) is 41.3 Å². The Kier molecular flexibility index (Phi) is 4.00. The van der Waals surface area contributed by atoms with Crippen LogP contribution in [0.4, 0.5) is 8.78 Å². The lowest BCUT2D eigenvalue weighted by Gasteiger charge is -2.35. The Morgan fingerprint density at radius 3 is 2.92 bits per heavy atom. The highest BCUT2D eigenvalue weighted by Gasteiger charge is 2.25. The third-order valence-corrected chi connectivity index (χ3v) is 4.32. The van der Waals surface area contributed by atoms with Crippen LogP contribution in [0.3, 0.4) is 0 Å². The summed E-state index contributed by atoms with van der Waals surface area (Å²) in [6, 6.07) is 11.0. The van der Waals surface area contributed by atoms with Crippen LogP contribution in [0.2, 0.25) is 0 Å². The Bertz CT molecular complexity index is 864. The molecule has 6 heteroatoms. The zero-order valence-corrected chi connectivity index (χ0v) is 13.0. The highest BCUT2D eigenvalue weighted by atomic mass is 19.1. The third-order valence-electron chi connectivity index (χ3n) is 4.32. The lowest BCUT2D eigenvalue weighted by atomic mass is 10.0. The Labute approximate surface area is 138 Å². The molecule has 4 nitrogen and oxygen atoms in total. The molecule has 0 radical (unpaired) electrons. The molecule has 1 aromatic heterocycles. The van der Waals surface area contributed by atoms with E-state index in [-0.39, 0.29) is 17.7 Å². The number of halogens is 2. The highest BCUT2D eigenvalue weighted by Crippen LogP contribution is 2.26. The first-order valence-electron chi connectivity index (χ1n) is 7.94. The van der Waals surface area contributed by atoms with Gasteiger partial charge in [-0.15, -0.1) is 0 Å². The van der Waals surface area contributed by atoms with E-state index in [4.69, 9.17) is 4.42 Å². The van der Waals surface area contributed by atoms with Gasteiger partial charge in [-0.25, -0.2) is 13.8 Å². The molecule has 3 aromatic rings. The Hall–Kier alpha value is -2.31.